The van der Waals surface area contributed by atoms with E-state index in [1.807, 2.05) is 0 Å². The van der Waals surface area contributed by atoms with Gasteiger partial charge in [0.05, 0.1) is 17.4 Å². The molecule has 0 bridgehead atoms. The molecule has 154 valence electrons. The third kappa shape index (κ3) is 3.05. The maximum atomic E-state index is 13.9. The van der Waals surface area contributed by atoms with Crippen molar-refractivity contribution in [1.29, 1.82) is 0 Å². The van der Waals surface area contributed by atoms with Crippen molar-refractivity contribution in [3.05, 3.63) is 54.1 Å². The van der Waals surface area contributed by atoms with Crippen LogP contribution in [0.25, 0.3) is 11.0 Å². The van der Waals surface area contributed by atoms with Crippen molar-refractivity contribution in [3.8, 4) is 0 Å². The number of fused-ring (bicyclic) bond motifs is 1. The van der Waals surface area contributed by atoms with E-state index >= 15 is 0 Å². The molecule has 1 aliphatic heterocycles. The Kier molecular flexibility index (Phi) is 4.65. The van der Waals surface area contributed by atoms with E-state index in [2.05, 4.69) is 14.1 Å². The van der Waals surface area contributed by atoms with Crippen molar-refractivity contribution in [2.45, 2.75) is 11.7 Å². The van der Waals surface area contributed by atoms with Gasteiger partial charge in [0.25, 0.3) is 5.91 Å². The van der Waals surface area contributed by atoms with E-state index in [1.165, 1.54) is 24.3 Å². The van der Waals surface area contributed by atoms with Gasteiger partial charge in [0.2, 0.25) is 11.4 Å². The molecule has 1 saturated heterocycles. The number of urea groups is 1. The number of imide groups is 1. The number of carbonyl (C=O) groups excluding carboxylic acids is 3. The van der Waals surface area contributed by atoms with Crippen molar-refractivity contribution in [2.24, 2.45) is 0 Å². The van der Waals surface area contributed by atoms with Crippen LogP contribution in [0.1, 0.15) is 5.56 Å². The highest BCUT2D eigenvalue weighted by Crippen LogP contribution is 2.43. The molecule has 4 amide bonds. The number of aromatic nitrogens is 2. The molecule has 12 heteroatoms. The molecule has 2 heterocycles. The molecule has 0 aliphatic carbocycles. The molecule has 1 aliphatic rings. The molecule has 2 aromatic carbocycles. The van der Waals surface area contributed by atoms with Crippen LogP contribution in [0.5, 0.6) is 0 Å². The largest absolute Gasteiger partial charge is 0.425 e. The van der Waals surface area contributed by atoms with Crippen LogP contribution < -0.4 is 10.6 Å². The van der Waals surface area contributed by atoms with Crippen LogP contribution in [0.2, 0.25) is 0 Å². The van der Waals surface area contributed by atoms with Crippen LogP contribution in [0.15, 0.2) is 48.5 Å². The first kappa shape index (κ1) is 19.8. The summed E-state index contributed by atoms with van der Waals surface area (Å²) in [7, 11) is 0. The van der Waals surface area contributed by atoms with E-state index in [1.54, 1.807) is 17.4 Å². The summed E-state index contributed by atoms with van der Waals surface area (Å²) in [6.45, 7) is -0.900. The van der Waals surface area contributed by atoms with Crippen molar-refractivity contribution >= 4 is 46.3 Å². The summed E-state index contributed by atoms with van der Waals surface area (Å²) >= 11 is 0.923. The summed E-state index contributed by atoms with van der Waals surface area (Å²) < 4.78 is 49.9. The molecule has 1 fully saturated rings. The molecular weight excluding hydrogens is 423 g/mol. The van der Waals surface area contributed by atoms with Gasteiger partial charge in [-0.2, -0.15) is 21.9 Å². The van der Waals surface area contributed by atoms with Gasteiger partial charge >= 0.3 is 12.2 Å². The molecule has 4 rings (SSSR count). The molecular formula is C18H12F3N5O3S. The standard InChI is InChI=1S/C18H12F3N5O3S/c19-18(20,21)17(10-5-2-1-3-6-10)15(28)26(16(29)23-17)9-13(27)22-11-7-4-8-12-14(11)25-30-24-12/h1-8H,9H2,(H,22,27)(H,23,29). The van der Waals surface area contributed by atoms with Crippen LogP contribution in [0, 0.1) is 0 Å². The van der Waals surface area contributed by atoms with Gasteiger partial charge in [-0.25, -0.2) is 4.79 Å². The number of carbonyl (C=O) groups is 3. The van der Waals surface area contributed by atoms with E-state index in [0.29, 0.717) is 11.0 Å². The Morgan fingerprint density at radius 3 is 2.53 bits per heavy atom. The van der Waals surface area contributed by atoms with Crippen LogP contribution in [-0.4, -0.2) is 44.2 Å². The topological polar surface area (TPSA) is 104 Å². The predicted molar refractivity (Wildman–Crippen MR) is 100 cm³/mol. The molecule has 2 N–H and O–H groups in total. The number of nitrogens with zero attached hydrogens (tertiary/aromatic N) is 3. The molecule has 1 atom stereocenters. The fourth-order valence-corrected chi connectivity index (χ4v) is 3.75. The van der Waals surface area contributed by atoms with E-state index in [-0.39, 0.29) is 10.6 Å². The minimum absolute atomic E-state index is 0.245. The summed E-state index contributed by atoms with van der Waals surface area (Å²) in [6, 6.07) is 9.79. The van der Waals surface area contributed by atoms with Gasteiger partial charge in [-0.1, -0.05) is 36.4 Å². The third-order valence-electron chi connectivity index (χ3n) is 4.60. The second-order valence-electron chi connectivity index (χ2n) is 6.42. The number of alkyl halides is 3. The fourth-order valence-electron chi connectivity index (χ4n) is 3.20. The molecule has 0 spiro atoms. The quantitative estimate of drug-likeness (QED) is 0.613. The second-order valence-corrected chi connectivity index (χ2v) is 6.95. The Balaban J connectivity index is 1.61. The SMILES string of the molecule is O=C(CN1C(=O)NC(c2ccccc2)(C(F)(F)F)C1=O)Nc1cccc2nsnc12. The maximum Gasteiger partial charge on any atom is 0.425 e. The highest BCUT2D eigenvalue weighted by Gasteiger charge is 2.68. The van der Waals surface area contributed by atoms with Gasteiger partial charge in [0.1, 0.15) is 17.6 Å². The number of hydrogen-bond donors (Lipinski definition) is 2. The first-order valence-electron chi connectivity index (χ1n) is 8.51. The average Bonchev–Trinajstić information content (AvgIpc) is 3.28. The zero-order valence-corrected chi connectivity index (χ0v) is 15.8. The number of rotatable bonds is 4. The number of benzene rings is 2. The van der Waals surface area contributed by atoms with Gasteiger partial charge < -0.3 is 10.6 Å². The van der Waals surface area contributed by atoms with Gasteiger partial charge in [-0.3, -0.25) is 14.5 Å². The molecule has 30 heavy (non-hydrogen) atoms. The molecule has 3 aromatic rings. The lowest BCUT2D eigenvalue weighted by molar-refractivity contribution is -0.198. The van der Waals surface area contributed by atoms with Crippen molar-refractivity contribution in [1.82, 2.24) is 19.0 Å². The molecule has 0 radical (unpaired) electrons. The number of nitrogens with one attached hydrogen (secondary N) is 2. The number of hydrogen-bond acceptors (Lipinski definition) is 6. The lowest BCUT2D eigenvalue weighted by atomic mass is 9.89. The Hall–Kier alpha value is -3.54. The van der Waals surface area contributed by atoms with Gasteiger partial charge in [-0.05, 0) is 17.7 Å². The zero-order chi connectivity index (χ0) is 21.5. The Labute approximate surface area is 171 Å². The molecule has 1 unspecified atom stereocenters. The van der Waals surface area contributed by atoms with Crippen LogP contribution in [-0.2, 0) is 15.1 Å². The van der Waals surface area contributed by atoms with Crippen molar-refractivity contribution in [3.63, 3.8) is 0 Å². The summed E-state index contributed by atoms with van der Waals surface area (Å²) in [5.74, 6) is -2.43. The monoisotopic (exact) mass is 435 g/mol. The van der Waals surface area contributed by atoms with E-state index in [0.717, 1.165) is 23.9 Å². The molecule has 8 nitrogen and oxygen atoms in total. The number of halogens is 3. The maximum absolute atomic E-state index is 13.9. The van der Waals surface area contributed by atoms with Crippen LogP contribution in [0.3, 0.4) is 0 Å². The number of amides is 4. The summed E-state index contributed by atoms with van der Waals surface area (Å²) in [4.78, 5) is 37.7. The van der Waals surface area contributed by atoms with Crippen molar-refractivity contribution in [2.75, 3.05) is 11.9 Å². The highest BCUT2D eigenvalue weighted by atomic mass is 32.1. The van der Waals surface area contributed by atoms with Gasteiger partial charge in [0, 0.05) is 0 Å². The van der Waals surface area contributed by atoms with Crippen molar-refractivity contribution < 1.29 is 27.6 Å². The first-order chi connectivity index (χ1) is 14.2. The fraction of sp³-hybridized carbons (Fsp3) is 0.167. The minimum Gasteiger partial charge on any atom is -0.323 e. The smallest absolute Gasteiger partial charge is 0.323 e. The Morgan fingerprint density at radius 1 is 1.10 bits per heavy atom. The molecule has 1 aromatic heterocycles. The minimum atomic E-state index is -5.12. The van der Waals surface area contributed by atoms with Gasteiger partial charge in [-0.15, -0.1) is 0 Å². The van der Waals surface area contributed by atoms with Crippen LogP contribution >= 0.6 is 11.7 Å². The van der Waals surface area contributed by atoms with Gasteiger partial charge in [0.15, 0.2) is 0 Å². The predicted octanol–water partition coefficient (Wildman–Crippen LogP) is 2.64. The Bertz CT molecular complexity index is 1150. The summed E-state index contributed by atoms with van der Waals surface area (Å²) in [5.41, 5.74) is -2.53. The summed E-state index contributed by atoms with van der Waals surface area (Å²) in [5, 5.41) is 4.18. The molecule has 0 saturated carbocycles. The van der Waals surface area contributed by atoms with E-state index < -0.39 is 41.7 Å². The van der Waals surface area contributed by atoms with Crippen LogP contribution in [0.4, 0.5) is 23.7 Å². The first-order valence-corrected chi connectivity index (χ1v) is 9.24. The number of anilines is 1. The lowest BCUT2D eigenvalue weighted by Crippen LogP contribution is -2.55. The van der Waals surface area contributed by atoms with E-state index in [9.17, 15) is 27.6 Å². The lowest BCUT2D eigenvalue weighted by Gasteiger charge is -2.29. The normalized spacial score (nSPS) is 19.2. The average molecular weight is 435 g/mol. The van der Waals surface area contributed by atoms with E-state index in [4.69, 9.17) is 0 Å². The third-order valence-corrected chi connectivity index (χ3v) is 5.14. The zero-order valence-electron chi connectivity index (χ0n) is 14.9. The second kappa shape index (κ2) is 7.06. The summed E-state index contributed by atoms with van der Waals surface area (Å²) in [6.07, 6.45) is -5.12. The Morgan fingerprint density at radius 2 is 1.83 bits per heavy atom. The highest BCUT2D eigenvalue weighted by molar-refractivity contribution is 7.00.